The van der Waals surface area contributed by atoms with Crippen LogP contribution in [0.25, 0.3) is 44.8 Å². The highest BCUT2D eigenvalue weighted by Crippen LogP contribution is 2.25. The van der Waals surface area contributed by atoms with Gasteiger partial charge in [0.05, 0.1) is 23.5 Å². The van der Waals surface area contributed by atoms with Crippen LogP contribution in [0, 0.1) is 6.92 Å². The van der Waals surface area contributed by atoms with Gasteiger partial charge in [-0.3, -0.25) is 14.9 Å². The highest BCUT2D eigenvalue weighted by molar-refractivity contribution is 5.92. The number of hydrogen-bond donors (Lipinski definition) is 2. The maximum Gasteiger partial charge on any atom is 0.280 e. The predicted octanol–water partition coefficient (Wildman–Crippen LogP) is 4.78. The lowest BCUT2D eigenvalue weighted by atomic mass is 10.1. The number of aromatic amines is 1. The lowest BCUT2D eigenvalue weighted by Crippen LogP contribution is -2.25. The number of fused-ring (bicyclic) bond motifs is 3. The fourth-order valence-corrected chi connectivity index (χ4v) is 5.08. The molecule has 0 atom stereocenters. The molecule has 4 aromatic heterocycles. The van der Waals surface area contributed by atoms with Gasteiger partial charge < -0.3 is 5.32 Å². The van der Waals surface area contributed by atoms with Crippen LogP contribution < -0.4 is 9.72 Å². The number of carbonyl (C=O) groups is 1. The first-order chi connectivity index (χ1) is 20.6. The normalized spacial score (nSPS) is 11.3. The fourth-order valence-electron chi connectivity index (χ4n) is 5.08. The van der Waals surface area contributed by atoms with E-state index < -0.39 is 0 Å². The van der Waals surface area contributed by atoms with Crippen molar-refractivity contribution in [2.75, 3.05) is 0 Å². The lowest BCUT2D eigenvalue weighted by Gasteiger charge is -2.06. The lowest BCUT2D eigenvalue weighted by molar-refractivity contribution is -0.519. The number of benzene rings is 3. The van der Waals surface area contributed by atoms with E-state index in [1.54, 1.807) is 0 Å². The zero-order valence-electron chi connectivity index (χ0n) is 22.9. The molecular formula is C33H27N8O+. The van der Waals surface area contributed by atoms with Crippen LogP contribution in [0.2, 0.25) is 0 Å². The number of amides is 1. The van der Waals surface area contributed by atoms with Gasteiger partial charge in [-0.05, 0) is 35.4 Å². The van der Waals surface area contributed by atoms with E-state index in [-0.39, 0.29) is 12.3 Å². The number of hydrogen-bond acceptors (Lipinski definition) is 5. The fraction of sp³-hybridized carbons (Fsp3) is 0.0909. The molecule has 4 heterocycles. The topological polar surface area (TPSA) is 105 Å². The van der Waals surface area contributed by atoms with Crippen molar-refractivity contribution < 1.29 is 9.20 Å². The molecule has 9 heteroatoms. The second-order valence-corrected chi connectivity index (χ2v) is 10.1. The monoisotopic (exact) mass is 551 g/mol. The summed E-state index contributed by atoms with van der Waals surface area (Å²) in [6, 6.07) is 32.1. The first kappa shape index (κ1) is 25.3. The van der Waals surface area contributed by atoms with Gasteiger partial charge in [0.25, 0.3) is 11.5 Å². The highest BCUT2D eigenvalue weighted by atomic mass is 16.1. The zero-order valence-corrected chi connectivity index (χ0v) is 22.9. The summed E-state index contributed by atoms with van der Waals surface area (Å²) in [5, 5.41) is 15.9. The third-order valence-electron chi connectivity index (χ3n) is 7.23. The van der Waals surface area contributed by atoms with E-state index in [1.165, 1.54) is 0 Å². The largest absolute Gasteiger partial charge is 0.352 e. The predicted molar refractivity (Wildman–Crippen MR) is 160 cm³/mol. The second kappa shape index (κ2) is 10.7. The van der Waals surface area contributed by atoms with Crippen LogP contribution in [0.1, 0.15) is 17.2 Å². The molecular weight excluding hydrogens is 524 g/mol. The summed E-state index contributed by atoms with van der Waals surface area (Å²) in [5.74, 6) is 1.84. The number of aromatic nitrogens is 7. The molecule has 0 aliphatic rings. The van der Waals surface area contributed by atoms with Gasteiger partial charge in [0.1, 0.15) is 11.5 Å². The first-order valence-corrected chi connectivity index (χ1v) is 13.7. The number of H-pyrrole nitrogens is 1. The van der Waals surface area contributed by atoms with Crippen molar-refractivity contribution in [3.8, 4) is 28.2 Å². The molecule has 1 amide bonds. The SMILES string of the molecule is Cc1nn(-c2ccc(CNC(=O)Cc3nc(-c4ccccc4)n[nH]3)cc2)c2c3cc(-c4ccccc4)cnc3cc[n+]12. The van der Waals surface area contributed by atoms with Gasteiger partial charge in [-0.1, -0.05) is 77.5 Å². The summed E-state index contributed by atoms with van der Waals surface area (Å²) in [6.45, 7) is 2.39. The van der Waals surface area contributed by atoms with Gasteiger partial charge in [0.15, 0.2) is 5.82 Å². The van der Waals surface area contributed by atoms with E-state index in [4.69, 9.17) is 10.1 Å². The Kier molecular flexibility index (Phi) is 6.44. The van der Waals surface area contributed by atoms with Crippen molar-refractivity contribution in [3.63, 3.8) is 0 Å². The van der Waals surface area contributed by atoms with E-state index in [1.807, 2.05) is 103 Å². The summed E-state index contributed by atoms with van der Waals surface area (Å²) < 4.78 is 4.03. The Bertz CT molecular complexity index is 2030. The quantitative estimate of drug-likeness (QED) is 0.278. The second-order valence-electron chi connectivity index (χ2n) is 10.1. The van der Waals surface area contributed by atoms with E-state index >= 15 is 0 Å². The molecule has 0 saturated carbocycles. The van der Waals surface area contributed by atoms with Crippen LogP contribution in [-0.4, -0.2) is 35.9 Å². The molecule has 0 unspecified atom stereocenters. The molecule has 204 valence electrons. The Morgan fingerprint density at radius 3 is 2.40 bits per heavy atom. The third-order valence-corrected chi connectivity index (χ3v) is 7.23. The number of rotatable bonds is 7. The first-order valence-electron chi connectivity index (χ1n) is 13.7. The summed E-state index contributed by atoms with van der Waals surface area (Å²) in [4.78, 5) is 21.8. The Morgan fingerprint density at radius 2 is 1.64 bits per heavy atom. The smallest absolute Gasteiger partial charge is 0.280 e. The van der Waals surface area contributed by atoms with Crippen LogP contribution in [0.3, 0.4) is 0 Å². The molecule has 7 rings (SSSR count). The summed E-state index contributed by atoms with van der Waals surface area (Å²) in [5.41, 5.74) is 6.81. The zero-order chi connectivity index (χ0) is 28.5. The molecule has 0 bridgehead atoms. The van der Waals surface area contributed by atoms with Crippen LogP contribution in [0.4, 0.5) is 0 Å². The number of pyridine rings is 2. The number of carbonyl (C=O) groups excluding carboxylic acids is 1. The van der Waals surface area contributed by atoms with Gasteiger partial charge in [-0.15, -0.1) is 0 Å². The Hall–Kier alpha value is -5.70. The van der Waals surface area contributed by atoms with Crippen molar-refractivity contribution in [1.29, 1.82) is 0 Å². The molecule has 42 heavy (non-hydrogen) atoms. The van der Waals surface area contributed by atoms with Crippen LogP contribution in [-0.2, 0) is 17.8 Å². The van der Waals surface area contributed by atoms with E-state index in [0.29, 0.717) is 18.2 Å². The Balaban J connectivity index is 1.10. The van der Waals surface area contributed by atoms with Crippen molar-refractivity contribution in [1.82, 2.24) is 35.3 Å². The number of nitrogens with one attached hydrogen (secondary N) is 2. The average molecular weight is 552 g/mol. The van der Waals surface area contributed by atoms with Crippen molar-refractivity contribution in [2.45, 2.75) is 19.9 Å². The molecule has 7 aromatic rings. The maximum atomic E-state index is 12.6. The van der Waals surface area contributed by atoms with E-state index in [9.17, 15) is 4.79 Å². The van der Waals surface area contributed by atoms with Crippen LogP contribution in [0.5, 0.6) is 0 Å². The van der Waals surface area contributed by atoms with E-state index in [0.717, 1.165) is 50.3 Å². The van der Waals surface area contributed by atoms with Crippen LogP contribution in [0.15, 0.2) is 109 Å². The van der Waals surface area contributed by atoms with Gasteiger partial charge in [0.2, 0.25) is 5.91 Å². The number of nitrogens with zero attached hydrogens (tertiary/aromatic N) is 6. The Labute approximate surface area is 241 Å². The molecule has 2 N–H and O–H groups in total. The molecule has 0 radical (unpaired) electrons. The van der Waals surface area contributed by atoms with Crippen LogP contribution >= 0.6 is 0 Å². The molecule has 3 aromatic carbocycles. The summed E-state index contributed by atoms with van der Waals surface area (Å²) in [7, 11) is 0. The molecule has 0 fully saturated rings. The highest BCUT2D eigenvalue weighted by Gasteiger charge is 2.22. The van der Waals surface area contributed by atoms with Gasteiger partial charge in [-0.25, -0.2) is 9.38 Å². The van der Waals surface area contributed by atoms with Gasteiger partial charge >= 0.3 is 0 Å². The molecule has 0 saturated heterocycles. The summed E-state index contributed by atoms with van der Waals surface area (Å²) in [6.07, 6.45) is 4.04. The molecule has 0 aliphatic carbocycles. The maximum absolute atomic E-state index is 12.6. The van der Waals surface area contributed by atoms with Gasteiger partial charge in [-0.2, -0.15) is 5.10 Å². The van der Waals surface area contributed by atoms with Gasteiger partial charge in [0, 0.05) is 35.9 Å². The van der Waals surface area contributed by atoms with Crippen molar-refractivity contribution >= 4 is 22.5 Å². The molecule has 0 spiro atoms. The Morgan fingerprint density at radius 1 is 0.905 bits per heavy atom. The van der Waals surface area contributed by atoms with Crippen molar-refractivity contribution in [3.05, 3.63) is 127 Å². The number of aryl methyl sites for hydroxylation is 1. The third kappa shape index (κ3) is 4.88. The molecule has 0 aliphatic heterocycles. The van der Waals surface area contributed by atoms with Crippen molar-refractivity contribution in [2.24, 2.45) is 0 Å². The minimum absolute atomic E-state index is 0.125. The van der Waals surface area contributed by atoms with E-state index in [2.05, 4.69) is 43.1 Å². The average Bonchev–Trinajstić information content (AvgIpc) is 3.65. The standard InChI is InChI=1S/C33H26N8O/c1-22-39-41(33-28-18-26(24-8-4-2-5-9-24)21-34-29(28)16-17-40(22)33)27-14-12-23(13-15-27)20-35-31(42)19-30-36-32(38-37-30)25-10-6-3-7-11-25/h2-18,21H,19-20H2,1H3,(H-,35,36,37,38,42)/p+1. The summed E-state index contributed by atoms with van der Waals surface area (Å²) >= 11 is 0. The minimum atomic E-state index is -0.131. The molecule has 9 nitrogen and oxygen atoms in total. The minimum Gasteiger partial charge on any atom is -0.352 e.